The lowest BCUT2D eigenvalue weighted by molar-refractivity contribution is 0.0684. The smallest absolute Gasteiger partial charge is 0.255 e. The molecule has 0 aliphatic heterocycles. The van der Waals surface area contributed by atoms with Crippen LogP contribution in [0.2, 0.25) is 0 Å². The number of aromatic nitrogens is 1. The quantitative estimate of drug-likeness (QED) is 0.829. The van der Waals surface area contributed by atoms with Crippen LogP contribution in [0, 0.1) is 5.41 Å². The summed E-state index contributed by atoms with van der Waals surface area (Å²) in [5.74, 6) is 0.579. The minimum absolute atomic E-state index is 0.0224. The van der Waals surface area contributed by atoms with Crippen molar-refractivity contribution in [3.63, 3.8) is 0 Å². The number of hydrogen-bond acceptors (Lipinski definition) is 3. The average Bonchev–Trinajstić information content (AvgIpc) is 3.16. The Bertz CT molecular complexity index is 478. The van der Waals surface area contributed by atoms with E-state index < -0.39 is 0 Å². The highest BCUT2D eigenvalue weighted by Gasteiger charge is 2.45. The van der Waals surface area contributed by atoms with E-state index in [0.717, 1.165) is 0 Å². The number of pyridine rings is 1. The summed E-state index contributed by atoms with van der Waals surface area (Å²) in [6.07, 6.45) is 4.08. The molecule has 0 unspecified atom stereocenters. The lowest BCUT2D eigenvalue weighted by Gasteiger charge is -2.30. The largest absolute Gasteiger partial charge is 0.475 e. The molecule has 1 amide bonds. The third kappa shape index (κ3) is 3.11. The third-order valence-corrected chi connectivity index (χ3v) is 4.29. The molecular formula is C16H24N2O2. The number of carbonyl (C=O) groups excluding carboxylic acids is 1. The van der Waals surface area contributed by atoms with Crippen LogP contribution in [0.3, 0.4) is 0 Å². The van der Waals surface area contributed by atoms with E-state index in [1.807, 2.05) is 25.8 Å². The molecule has 2 rings (SSSR count). The van der Waals surface area contributed by atoms with Crippen LogP contribution in [-0.4, -0.2) is 35.0 Å². The van der Waals surface area contributed by atoms with E-state index in [2.05, 4.69) is 18.8 Å². The summed E-state index contributed by atoms with van der Waals surface area (Å²) in [6, 6.07) is 3.79. The van der Waals surface area contributed by atoms with Crippen molar-refractivity contribution in [2.45, 2.75) is 52.7 Å². The summed E-state index contributed by atoms with van der Waals surface area (Å²) in [5.41, 5.74) is 0.901. The van der Waals surface area contributed by atoms with Crippen LogP contribution in [-0.2, 0) is 0 Å². The van der Waals surface area contributed by atoms with E-state index in [-0.39, 0.29) is 18.1 Å². The standard InChI is InChI=1S/C16H24N2O2/c1-11(2)20-14-7-6-13(10-17-14)15(19)18(5)12(3)16(4)8-9-16/h6-7,10-12H,8-9H2,1-5H3/t12-/m1/s1. The van der Waals surface area contributed by atoms with Crippen molar-refractivity contribution in [2.75, 3.05) is 7.05 Å². The molecule has 20 heavy (non-hydrogen) atoms. The fraction of sp³-hybridized carbons (Fsp3) is 0.625. The Labute approximate surface area is 121 Å². The van der Waals surface area contributed by atoms with Gasteiger partial charge in [0.1, 0.15) is 0 Å². The van der Waals surface area contributed by atoms with E-state index in [0.29, 0.717) is 16.9 Å². The highest BCUT2D eigenvalue weighted by atomic mass is 16.5. The Kier molecular flexibility index (Phi) is 4.02. The molecule has 0 N–H and O–H groups in total. The van der Waals surface area contributed by atoms with Gasteiger partial charge in [-0.1, -0.05) is 6.92 Å². The average molecular weight is 276 g/mol. The van der Waals surface area contributed by atoms with Crippen LogP contribution in [0.4, 0.5) is 0 Å². The van der Waals surface area contributed by atoms with E-state index in [9.17, 15) is 4.79 Å². The number of carbonyl (C=O) groups is 1. The van der Waals surface area contributed by atoms with Crippen molar-refractivity contribution < 1.29 is 9.53 Å². The molecule has 1 aliphatic carbocycles. The van der Waals surface area contributed by atoms with Gasteiger partial charge in [0.2, 0.25) is 5.88 Å². The Balaban J connectivity index is 2.05. The highest BCUT2D eigenvalue weighted by Crippen LogP contribution is 2.49. The van der Waals surface area contributed by atoms with Gasteiger partial charge in [-0.05, 0) is 45.1 Å². The number of nitrogens with zero attached hydrogens (tertiary/aromatic N) is 2. The van der Waals surface area contributed by atoms with E-state index >= 15 is 0 Å². The second-order valence-electron chi connectivity index (χ2n) is 6.30. The first-order valence-corrected chi connectivity index (χ1v) is 7.23. The predicted octanol–water partition coefficient (Wildman–Crippen LogP) is 3.13. The van der Waals surface area contributed by atoms with Gasteiger partial charge in [-0.15, -0.1) is 0 Å². The second-order valence-corrected chi connectivity index (χ2v) is 6.30. The molecule has 1 heterocycles. The number of amides is 1. The van der Waals surface area contributed by atoms with E-state index in [1.54, 1.807) is 18.3 Å². The third-order valence-electron chi connectivity index (χ3n) is 4.29. The van der Waals surface area contributed by atoms with Gasteiger partial charge >= 0.3 is 0 Å². The van der Waals surface area contributed by atoms with Gasteiger partial charge in [0.05, 0.1) is 11.7 Å². The molecule has 0 saturated heterocycles. The van der Waals surface area contributed by atoms with Crippen molar-refractivity contribution in [1.29, 1.82) is 0 Å². The lowest BCUT2D eigenvalue weighted by Crippen LogP contribution is -2.40. The van der Waals surface area contributed by atoms with Crippen LogP contribution < -0.4 is 4.74 Å². The molecule has 1 saturated carbocycles. The Morgan fingerprint density at radius 2 is 2.00 bits per heavy atom. The van der Waals surface area contributed by atoms with Gasteiger partial charge in [-0.3, -0.25) is 4.79 Å². The maximum absolute atomic E-state index is 12.4. The summed E-state index contributed by atoms with van der Waals surface area (Å²) in [6.45, 7) is 8.26. The molecule has 1 fully saturated rings. The SMILES string of the molecule is CC(C)Oc1ccc(C(=O)N(C)[C@H](C)C2(C)CC2)cn1. The number of rotatable bonds is 5. The van der Waals surface area contributed by atoms with E-state index in [4.69, 9.17) is 4.74 Å². The Morgan fingerprint density at radius 1 is 1.35 bits per heavy atom. The highest BCUT2D eigenvalue weighted by molar-refractivity contribution is 5.94. The van der Waals surface area contributed by atoms with Crippen molar-refractivity contribution in [1.82, 2.24) is 9.88 Å². The van der Waals surface area contributed by atoms with Crippen molar-refractivity contribution in [2.24, 2.45) is 5.41 Å². The maximum Gasteiger partial charge on any atom is 0.255 e. The zero-order valence-corrected chi connectivity index (χ0v) is 13.0. The summed E-state index contributed by atoms with van der Waals surface area (Å²) < 4.78 is 5.49. The summed E-state index contributed by atoms with van der Waals surface area (Å²) in [5, 5.41) is 0. The van der Waals surface area contributed by atoms with Gasteiger partial charge in [-0.2, -0.15) is 0 Å². The molecule has 0 bridgehead atoms. The Hall–Kier alpha value is -1.58. The van der Waals surface area contributed by atoms with Gasteiger partial charge in [0.25, 0.3) is 5.91 Å². The zero-order chi connectivity index (χ0) is 14.9. The minimum atomic E-state index is 0.0224. The molecule has 1 aromatic heterocycles. The fourth-order valence-electron chi connectivity index (χ4n) is 2.28. The van der Waals surface area contributed by atoms with Gasteiger partial charge in [0, 0.05) is 25.4 Å². The van der Waals surface area contributed by atoms with Crippen LogP contribution >= 0.6 is 0 Å². The molecule has 4 nitrogen and oxygen atoms in total. The minimum Gasteiger partial charge on any atom is -0.475 e. The maximum atomic E-state index is 12.4. The molecule has 0 radical (unpaired) electrons. The molecule has 0 spiro atoms. The van der Waals surface area contributed by atoms with Gasteiger partial charge in [0.15, 0.2) is 0 Å². The molecular weight excluding hydrogens is 252 g/mol. The van der Waals surface area contributed by atoms with Crippen LogP contribution in [0.25, 0.3) is 0 Å². The fourth-order valence-corrected chi connectivity index (χ4v) is 2.28. The Morgan fingerprint density at radius 3 is 2.45 bits per heavy atom. The zero-order valence-electron chi connectivity index (χ0n) is 13.0. The first kappa shape index (κ1) is 14.8. The predicted molar refractivity (Wildman–Crippen MR) is 78.9 cm³/mol. The van der Waals surface area contributed by atoms with Crippen molar-refractivity contribution in [3.8, 4) is 5.88 Å². The molecule has 1 aliphatic rings. The van der Waals surface area contributed by atoms with Crippen LogP contribution in [0.15, 0.2) is 18.3 Å². The summed E-state index contributed by atoms with van der Waals surface area (Å²) >= 11 is 0. The molecule has 1 atom stereocenters. The summed E-state index contributed by atoms with van der Waals surface area (Å²) in [4.78, 5) is 18.5. The van der Waals surface area contributed by atoms with Gasteiger partial charge < -0.3 is 9.64 Å². The molecule has 1 aromatic rings. The first-order valence-electron chi connectivity index (χ1n) is 7.23. The first-order chi connectivity index (χ1) is 9.33. The number of hydrogen-bond donors (Lipinski definition) is 0. The van der Waals surface area contributed by atoms with Crippen LogP contribution in [0.5, 0.6) is 5.88 Å². The van der Waals surface area contributed by atoms with E-state index in [1.165, 1.54) is 12.8 Å². The van der Waals surface area contributed by atoms with Crippen LogP contribution in [0.1, 0.15) is 50.9 Å². The monoisotopic (exact) mass is 276 g/mol. The molecule has 4 heteroatoms. The van der Waals surface area contributed by atoms with Crippen molar-refractivity contribution >= 4 is 5.91 Å². The van der Waals surface area contributed by atoms with Gasteiger partial charge in [-0.25, -0.2) is 4.98 Å². The molecule has 110 valence electrons. The topological polar surface area (TPSA) is 42.4 Å². The second kappa shape index (κ2) is 5.43. The summed E-state index contributed by atoms with van der Waals surface area (Å²) in [7, 11) is 1.87. The number of ether oxygens (including phenoxy) is 1. The normalized spacial score (nSPS) is 17.7. The molecule has 0 aromatic carbocycles. The van der Waals surface area contributed by atoms with Crippen molar-refractivity contribution in [3.05, 3.63) is 23.9 Å². The lowest BCUT2D eigenvalue weighted by atomic mass is 9.99.